The fraction of sp³-hybridized carbons (Fsp3) is 0.227. The van der Waals surface area contributed by atoms with Gasteiger partial charge in [-0.1, -0.05) is 35.9 Å². The molecular formula is C22H21NO3S. The Morgan fingerprint density at radius 2 is 1.85 bits per heavy atom. The molecule has 0 bridgehead atoms. The Morgan fingerprint density at radius 1 is 1.07 bits per heavy atom. The summed E-state index contributed by atoms with van der Waals surface area (Å²) in [6.07, 6.45) is 0.406. The first-order valence-electron chi connectivity index (χ1n) is 8.81. The summed E-state index contributed by atoms with van der Waals surface area (Å²) in [7, 11) is 3.28. The van der Waals surface area contributed by atoms with E-state index < -0.39 is 0 Å². The minimum Gasteiger partial charge on any atom is -0.497 e. The van der Waals surface area contributed by atoms with Crippen molar-refractivity contribution < 1.29 is 14.3 Å². The van der Waals surface area contributed by atoms with E-state index in [9.17, 15) is 4.79 Å². The molecule has 1 N–H and O–H groups in total. The maximum atomic E-state index is 12.5. The number of hydrogen-bond acceptors (Lipinski definition) is 4. The van der Waals surface area contributed by atoms with Crippen molar-refractivity contribution in [3.05, 3.63) is 63.8 Å². The number of carbonyl (C=O) groups is 1. The zero-order valence-corrected chi connectivity index (χ0v) is 16.4. The van der Waals surface area contributed by atoms with Gasteiger partial charge >= 0.3 is 0 Å². The lowest BCUT2D eigenvalue weighted by atomic mass is 9.88. The molecule has 27 heavy (non-hydrogen) atoms. The van der Waals surface area contributed by atoms with E-state index in [2.05, 4.69) is 41.9 Å². The van der Waals surface area contributed by atoms with Crippen LogP contribution in [0.1, 0.15) is 28.3 Å². The predicted molar refractivity (Wildman–Crippen MR) is 109 cm³/mol. The summed E-state index contributed by atoms with van der Waals surface area (Å²) in [5, 5.41) is 5.22. The molecule has 0 saturated carbocycles. The van der Waals surface area contributed by atoms with Gasteiger partial charge in [-0.3, -0.25) is 4.79 Å². The number of rotatable bonds is 4. The molecule has 0 aliphatic carbocycles. The lowest BCUT2D eigenvalue weighted by molar-refractivity contribution is -0.116. The van der Waals surface area contributed by atoms with Crippen LogP contribution in [-0.2, 0) is 4.79 Å². The highest BCUT2D eigenvalue weighted by Gasteiger charge is 2.32. The highest BCUT2D eigenvalue weighted by Crippen LogP contribution is 2.48. The molecule has 1 aliphatic rings. The Hall–Kier alpha value is -2.79. The SMILES string of the molecule is COc1ccc(C2CC(=O)Nc3c(-c4ccc(C)cc4)csc32)c(OC)c1. The Labute approximate surface area is 162 Å². The van der Waals surface area contributed by atoms with E-state index in [0.717, 1.165) is 38.8 Å². The number of anilines is 1. The summed E-state index contributed by atoms with van der Waals surface area (Å²) in [5.41, 5.74) is 5.32. The maximum Gasteiger partial charge on any atom is 0.225 e. The standard InChI is InChI=1S/C22H21NO3S/c1-13-4-6-14(7-5-13)18-12-27-22-17(11-20(24)23-21(18)22)16-9-8-15(25-2)10-19(16)26-3/h4-10,12,17H,11H2,1-3H3,(H,23,24). The number of aryl methyl sites for hydroxylation is 1. The molecule has 4 nitrogen and oxygen atoms in total. The van der Waals surface area contributed by atoms with Gasteiger partial charge in [0.1, 0.15) is 11.5 Å². The number of thiophene rings is 1. The van der Waals surface area contributed by atoms with Gasteiger partial charge in [0.15, 0.2) is 0 Å². The minimum atomic E-state index is -0.0289. The first-order chi connectivity index (χ1) is 13.1. The van der Waals surface area contributed by atoms with Gasteiger partial charge in [-0.2, -0.15) is 0 Å². The summed E-state index contributed by atoms with van der Waals surface area (Å²) in [6.45, 7) is 2.07. The number of benzene rings is 2. The topological polar surface area (TPSA) is 47.6 Å². The Balaban J connectivity index is 1.81. The van der Waals surface area contributed by atoms with Gasteiger partial charge < -0.3 is 14.8 Å². The monoisotopic (exact) mass is 379 g/mol. The molecule has 138 valence electrons. The average Bonchev–Trinajstić information content (AvgIpc) is 3.11. The molecule has 2 aromatic carbocycles. The number of hydrogen-bond donors (Lipinski definition) is 1. The summed E-state index contributed by atoms with van der Waals surface area (Å²) < 4.78 is 10.9. The van der Waals surface area contributed by atoms with Crippen LogP contribution in [0.4, 0.5) is 5.69 Å². The Morgan fingerprint density at radius 3 is 2.56 bits per heavy atom. The number of carbonyl (C=O) groups excluding carboxylic acids is 1. The van der Waals surface area contributed by atoms with Crippen LogP contribution >= 0.6 is 11.3 Å². The fourth-order valence-electron chi connectivity index (χ4n) is 3.53. The molecule has 0 fully saturated rings. The summed E-state index contributed by atoms with van der Waals surface area (Å²) >= 11 is 1.68. The van der Waals surface area contributed by atoms with Crippen LogP contribution in [0.5, 0.6) is 11.5 Å². The Kier molecular flexibility index (Phi) is 4.62. The molecule has 0 radical (unpaired) electrons. The number of fused-ring (bicyclic) bond motifs is 1. The largest absolute Gasteiger partial charge is 0.497 e. The second-order valence-electron chi connectivity index (χ2n) is 6.67. The van der Waals surface area contributed by atoms with E-state index in [1.54, 1.807) is 25.6 Å². The zero-order chi connectivity index (χ0) is 19.0. The molecule has 1 aromatic heterocycles. The van der Waals surface area contributed by atoms with E-state index in [1.807, 2.05) is 18.2 Å². The smallest absolute Gasteiger partial charge is 0.225 e. The summed E-state index contributed by atoms with van der Waals surface area (Å²) in [6, 6.07) is 14.2. The van der Waals surface area contributed by atoms with Crippen LogP contribution in [0.3, 0.4) is 0 Å². The van der Waals surface area contributed by atoms with Gasteiger partial charge in [0.25, 0.3) is 0 Å². The van der Waals surface area contributed by atoms with E-state index in [-0.39, 0.29) is 11.8 Å². The molecule has 4 rings (SSSR count). The van der Waals surface area contributed by atoms with E-state index in [1.165, 1.54) is 5.56 Å². The first kappa shape index (κ1) is 17.6. The van der Waals surface area contributed by atoms with Crippen LogP contribution in [0, 0.1) is 6.92 Å². The van der Waals surface area contributed by atoms with Gasteiger partial charge in [0.05, 0.1) is 19.9 Å². The van der Waals surface area contributed by atoms with Crippen LogP contribution in [0.25, 0.3) is 11.1 Å². The van der Waals surface area contributed by atoms with Crippen molar-refractivity contribution in [1.82, 2.24) is 0 Å². The predicted octanol–water partition coefficient (Wildman–Crippen LogP) is 5.21. The molecular weight excluding hydrogens is 358 g/mol. The van der Waals surface area contributed by atoms with Crippen molar-refractivity contribution in [3.63, 3.8) is 0 Å². The molecule has 3 aromatic rings. The van der Waals surface area contributed by atoms with Crippen LogP contribution in [0.15, 0.2) is 47.8 Å². The van der Waals surface area contributed by atoms with Gasteiger partial charge in [-0.15, -0.1) is 11.3 Å². The van der Waals surface area contributed by atoms with Crippen molar-refractivity contribution in [2.75, 3.05) is 19.5 Å². The lowest BCUT2D eigenvalue weighted by Crippen LogP contribution is -2.22. The Bertz CT molecular complexity index is 991. The summed E-state index contributed by atoms with van der Waals surface area (Å²) in [4.78, 5) is 13.7. The molecule has 0 saturated heterocycles. The second kappa shape index (κ2) is 7.08. The summed E-state index contributed by atoms with van der Waals surface area (Å²) in [5.74, 6) is 1.48. The molecule has 0 spiro atoms. The molecule has 1 amide bonds. The maximum absolute atomic E-state index is 12.5. The lowest BCUT2D eigenvalue weighted by Gasteiger charge is -2.25. The quantitative estimate of drug-likeness (QED) is 0.676. The molecule has 1 aliphatic heterocycles. The highest BCUT2D eigenvalue weighted by atomic mass is 32.1. The first-order valence-corrected chi connectivity index (χ1v) is 9.69. The van der Waals surface area contributed by atoms with Crippen LogP contribution < -0.4 is 14.8 Å². The van der Waals surface area contributed by atoms with Gasteiger partial charge in [-0.25, -0.2) is 0 Å². The van der Waals surface area contributed by atoms with E-state index in [0.29, 0.717) is 6.42 Å². The fourth-order valence-corrected chi connectivity index (χ4v) is 4.68. The van der Waals surface area contributed by atoms with Crippen LogP contribution in [-0.4, -0.2) is 20.1 Å². The number of methoxy groups -OCH3 is 2. The van der Waals surface area contributed by atoms with Crippen molar-refractivity contribution in [2.45, 2.75) is 19.3 Å². The third kappa shape index (κ3) is 3.19. The third-order valence-electron chi connectivity index (χ3n) is 4.97. The second-order valence-corrected chi connectivity index (χ2v) is 7.58. The van der Waals surface area contributed by atoms with Gasteiger partial charge in [0, 0.05) is 39.8 Å². The average molecular weight is 379 g/mol. The molecule has 5 heteroatoms. The third-order valence-corrected chi connectivity index (χ3v) is 6.06. The number of amides is 1. The molecule has 1 unspecified atom stereocenters. The van der Waals surface area contributed by atoms with Crippen molar-refractivity contribution in [1.29, 1.82) is 0 Å². The zero-order valence-electron chi connectivity index (χ0n) is 15.5. The normalized spacial score (nSPS) is 15.8. The van der Waals surface area contributed by atoms with Crippen molar-refractivity contribution >= 4 is 22.9 Å². The minimum absolute atomic E-state index is 0.0251. The van der Waals surface area contributed by atoms with E-state index in [4.69, 9.17) is 9.47 Å². The van der Waals surface area contributed by atoms with E-state index >= 15 is 0 Å². The molecule has 2 heterocycles. The number of ether oxygens (including phenoxy) is 2. The number of nitrogens with one attached hydrogen (secondary N) is 1. The van der Waals surface area contributed by atoms with Crippen molar-refractivity contribution in [3.8, 4) is 22.6 Å². The van der Waals surface area contributed by atoms with Gasteiger partial charge in [-0.05, 0) is 18.6 Å². The molecule has 1 atom stereocenters. The van der Waals surface area contributed by atoms with Gasteiger partial charge in [0.2, 0.25) is 5.91 Å². The highest BCUT2D eigenvalue weighted by molar-refractivity contribution is 7.11. The van der Waals surface area contributed by atoms with Crippen molar-refractivity contribution in [2.24, 2.45) is 0 Å². The van der Waals surface area contributed by atoms with Crippen LogP contribution in [0.2, 0.25) is 0 Å².